The fourth-order valence-electron chi connectivity index (χ4n) is 4.78. The Balaban J connectivity index is 1.44. The summed E-state index contributed by atoms with van der Waals surface area (Å²) in [5, 5.41) is 15.8. The van der Waals surface area contributed by atoms with E-state index in [1.54, 1.807) is 12.5 Å². The minimum Gasteiger partial charge on any atom is -0.480 e. The Morgan fingerprint density at radius 3 is 2.29 bits per heavy atom. The van der Waals surface area contributed by atoms with Gasteiger partial charge in [-0.15, -0.1) is 0 Å². The van der Waals surface area contributed by atoms with Gasteiger partial charge in [0.15, 0.2) is 0 Å². The standard InChI is InChI=1S/C28H48N4O3/c1-3-4-5-6-7-8-9-10-11-12-13-14-15-16-17-18-26(33)31-23(2)19-25-28(32-25,27(34)35)20-24-21-29-22-30-24/h10-11,21-23,25,32H,3-9,12-20H2,1-2H3,(H,29,30)(H,31,33)(H,34,35)/b11-10-/t23?,25?,28-/m1/s1. The predicted molar refractivity (Wildman–Crippen MR) is 141 cm³/mol. The number of imidazole rings is 1. The van der Waals surface area contributed by atoms with Crippen LogP contribution >= 0.6 is 0 Å². The number of H-pyrrole nitrogens is 1. The summed E-state index contributed by atoms with van der Waals surface area (Å²) in [5.74, 6) is -0.804. The van der Waals surface area contributed by atoms with Crippen molar-refractivity contribution < 1.29 is 14.7 Å². The number of aromatic nitrogens is 2. The summed E-state index contributed by atoms with van der Waals surface area (Å²) in [6, 6.07) is -0.226. The molecule has 2 heterocycles. The van der Waals surface area contributed by atoms with Gasteiger partial charge in [-0.2, -0.15) is 0 Å². The largest absolute Gasteiger partial charge is 0.480 e. The van der Waals surface area contributed by atoms with Gasteiger partial charge >= 0.3 is 5.97 Å². The van der Waals surface area contributed by atoms with Crippen molar-refractivity contribution in [1.82, 2.24) is 20.6 Å². The maximum absolute atomic E-state index is 12.3. The van der Waals surface area contributed by atoms with Gasteiger partial charge < -0.3 is 15.4 Å². The average molecular weight is 489 g/mol. The third-order valence-electron chi connectivity index (χ3n) is 7.00. The van der Waals surface area contributed by atoms with E-state index in [4.69, 9.17) is 0 Å². The Labute approximate surface area is 212 Å². The van der Waals surface area contributed by atoms with Crippen LogP contribution in [0.1, 0.15) is 116 Å². The van der Waals surface area contributed by atoms with Crippen molar-refractivity contribution in [2.24, 2.45) is 0 Å². The number of allylic oxidation sites excluding steroid dienone is 2. The minimum atomic E-state index is -0.975. The van der Waals surface area contributed by atoms with E-state index in [2.05, 4.69) is 39.7 Å². The maximum Gasteiger partial charge on any atom is 0.325 e. The number of aliphatic carboxylic acids is 1. The Bertz CT molecular complexity index is 749. The first-order valence-electron chi connectivity index (χ1n) is 13.9. The van der Waals surface area contributed by atoms with Crippen molar-refractivity contribution in [2.45, 2.75) is 134 Å². The third-order valence-corrected chi connectivity index (χ3v) is 7.00. The summed E-state index contributed by atoms with van der Waals surface area (Å²) in [5.41, 5.74) is -0.249. The van der Waals surface area contributed by atoms with Crippen LogP contribution in [0.2, 0.25) is 0 Å². The fraction of sp³-hybridized carbons (Fsp3) is 0.750. The van der Waals surface area contributed by atoms with Crippen LogP contribution < -0.4 is 10.6 Å². The highest BCUT2D eigenvalue weighted by Crippen LogP contribution is 2.33. The summed E-state index contributed by atoms with van der Waals surface area (Å²) in [6.45, 7) is 4.20. The second kappa shape index (κ2) is 16.5. The Hall–Kier alpha value is -2.15. The normalized spacial score (nSPS) is 20.2. The molecule has 4 N–H and O–H groups in total. The predicted octanol–water partition coefficient (Wildman–Crippen LogP) is 5.68. The van der Waals surface area contributed by atoms with E-state index >= 15 is 0 Å². The average Bonchev–Trinajstić information content (AvgIpc) is 3.24. The van der Waals surface area contributed by atoms with Gasteiger partial charge in [-0.3, -0.25) is 14.9 Å². The van der Waals surface area contributed by atoms with Gasteiger partial charge in [-0.1, -0.05) is 70.4 Å². The first-order chi connectivity index (χ1) is 17.0. The maximum atomic E-state index is 12.3. The zero-order valence-corrected chi connectivity index (χ0v) is 22.0. The lowest BCUT2D eigenvalue weighted by molar-refractivity contribution is -0.140. The molecule has 0 aliphatic carbocycles. The van der Waals surface area contributed by atoms with Crippen LogP contribution in [0.3, 0.4) is 0 Å². The van der Waals surface area contributed by atoms with Crippen LogP contribution in [0.15, 0.2) is 24.7 Å². The molecule has 1 aromatic heterocycles. The van der Waals surface area contributed by atoms with Crippen LogP contribution in [0.25, 0.3) is 0 Å². The lowest BCUT2D eigenvalue weighted by Gasteiger charge is -2.15. The van der Waals surface area contributed by atoms with Gasteiger partial charge in [0.2, 0.25) is 5.91 Å². The van der Waals surface area contributed by atoms with E-state index in [9.17, 15) is 14.7 Å². The third kappa shape index (κ3) is 11.4. The number of nitrogens with one attached hydrogen (secondary N) is 3. The van der Waals surface area contributed by atoms with E-state index in [0.29, 0.717) is 19.3 Å². The molecule has 0 bridgehead atoms. The number of carboxylic acid groups (broad SMARTS) is 1. The summed E-state index contributed by atoms with van der Waals surface area (Å²) < 4.78 is 0. The molecular weight excluding hydrogens is 440 g/mol. The number of nitrogens with zero attached hydrogens (tertiary/aromatic N) is 1. The molecular formula is C28H48N4O3. The first-order valence-corrected chi connectivity index (χ1v) is 13.9. The fourth-order valence-corrected chi connectivity index (χ4v) is 4.78. The number of hydrogen-bond donors (Lipinski definition) is 4. The summed E-state index contributed by atoms with van der Waals surface area (Å²) >= 11 is 0. The van der Waals surface area contributed by atoms with Crippen molar-refractivity contribution in [1.29, 1.82) is 0 Å². The number of unbranched alkanes of at least 4 members (excludes halogenated alkanes) is 11. The molecule has 1 fully saturated rings. The zero-order chi connectivity index (χ0) is 25.4. The number of carbonyl (C=O) groups excluding carboxylic acids is 1. The van der Waals surface area contributed by atoms with Crippen molar-refractivity contribution in [3.63, 3.8) is 0 Å². The first kappa shape index (κ1) is 29.1. The van der Waals surface area contributed by atoms with E-state index in [1.807, 2.05) is 6.92 Å². The molecule has 1 aromatic rings. The molecule has 198 valence electrons. The zero-order valence-electron chi connectivity index (χ0n) is 22.0. The summed E-state index contributed by atoms with van der Waals surface area (Å²) in [4.78, 5) is 31.1. The quantitative estimate of drug-likeness (QED) is 0.101. The van der Waals surface area contributed by atoms with Crippen molar-refractivity contribution in [3.8, 4) is 0 Å². The lowest BCUT2D eigenvalue weighted by Crippen LogP contribution is -2.36. The Morgan fingerprint density at radius 2 is 1.69 bits per heavy atom. The highest BCUT2D eigenvalue weighted by atomic mass is 16.4. The SMILES string of the molecule is CCCCCCCC/C=C\CCCCCCCC(=O)NC(C)CC1N[C@@]1(Cc1c[nH]cn1)C(=O)O. The molecule has 0 aromatic carbocycles. The number of carbonyl (C=O) groups is 2. The Kier molecular flexibility index (Phi) is 13.7. The van der Waals surface area contributed by atoms with Crippen LogP contribution in [0, 0.1) is 0 Å². The molecule has 1 aliphatic heterocycles. The Morgan fingerprint density at radius 1 is 1.06 bits per heavy atom. The molecule has 35 heavy (non-hydrogen) atoms. The van der Waals surface area contributed by atoms with Gasteiger partial charge in [0.05, 0.1) is 12.0 Å². The second-order valence-electron chi connectivity index (χ2n) is 10.2. The molecule has 0 saturated carbocycles. The number of hydrogen-bond acceptors (Lipinski definition) is 4. The van der Waals surface area contributed by atoms with Gasteiger partial charge in [-0.05, 0) is 45.4 Å². The number of carboxylic acids is 1. The highest BCUT2D eigenvalue weighted by Gasteiger charge is 2.60. The topological polar surface area (TPSA) is 117 Å². The number of rotatable bonds is 21. The molecule has 1 saturated heterocycles. The second-order valence-corrected chi connectivity index (χ2v) is 10.2. The molecule has 0 spiro atoms. The van der Waals surface area contributed by atoms with Gasteiger partial charge in [0, 0.05) is 31.1 Å². The summed E-state index contributed by atoms with van der Waals surface area (Å²) in [7, 11) is 0. The molecule has 2 rings (SSSR count). The minimum absolute atomic E-state index is 0.0593. The van der Waals surface area contributed by atoms with Gasteiger partial charge in [-0.25, -0.2) is 4.98 Å². The van der Waals surface area contributed by atoms with Crippen LogP contribution in [-0.4, -0.2) is 44.6 Å². The van der Waals surface area contributed by atoms with Crippen LogP contribution in [-0.2, 0) is 16.0 Å². The molecule has 1 aliphatic rings. The van der Waals surface area contributed by atoms with Crippen LogP contribution in [0.4, 0.5) is 0 Å². The molecule has 2 unspecified atom stereocenters. The number of aromatic amines is 1. The monoisotopic (exact) mass is 488 g/mol. The number of amides is 1. The molecule has 3 atom stereocenters. The van der Waals surface area contributed by atoms with E-state index in [0.717, 1.165) is 18.5 Å². The van der Waals surface area contributed by atoms with E-state index < -0.39 is 11.5 Å². The van der Waals surface area contributed by atoms with Gasteiger partial charge in [0.25, 0.3) is 0 Å². The molecule has 7 nitrogen and oxygen atoms in total. The molecule has 7 heteroatoms. The van der Waals surface area contributed by atoms with Crippen molar-refractivity contribution >= 4 is 11.9 Å². The smallest absolute Gasteiger partial charge is 0.325 e. The highest BCUT2D eigenvalue weighted by molar-refractivity contribution is 5.84. The van der Waals surface area contributed by atoms with Crippen LogP contribution in [0.5, 0.6) is 0 Å². The molecule has 0 radical (unpaired) electrons. The van der Waals surface area contributed by atoms with Gasteiger partial charge in [0.1, 0.15) is 5.54 Å². The van der Waals surface area contributed by atoms with E-state index in [1.165, 1.54) is 70.6 Å². The lowest BCUT2D eigenvalue weighted by atomic mass is 9.95. The summed E-state index contributed by atoms with van der Waals surface area (Å²) in [6.07, 6.45) is 25.6. The van der Waals surface area contributed by atoms with Crippen molar-refractivity contribution in [2.75, 3.05) is 0 Å². The van der Waals surface area contributed by atoms with Crippen molar-refractivity contribution in [3.05, 3.63) is 30.4 Å². The van der Waals surface area contributed by atoms with E-state index in [-0.39, 0.29) is 18.0 Å². The molecule has 1 amide bonds.